The van der Waals surface area contributed by atoms with Crippen LogP contribution in [0.3, 0.4) is 0 Å². The normalized spacial score (nSPS) is 16.0. The number of hydrogen-bond acceptors (Lipinski definition) is 6. The number of benzene rings is 1. The molecule has 0 unspecified atom stereocenters. The van der Waals surface area contributed by atoms with Crippen molar-refractivity contribution in [2.75, 3.05) is 31.9 Å². The zero-order chi connectivity index (χ0) is 18.7. The Morgan fingerprint density at radius 1 is 1.23 bits per heavy atom. The molecular weight excluding hydrogens is 398 g/mol. The molecular formula is C15H18ClN5O3S2. The van der Waals surface area contributed by atoms with Crippen LogP contribution in [0.25, 0.3) is 0 Å². The van der Waals surface area contributed by atoms with Gasteiger partial charge in [0.25, 0.3) is 0 Å². The third-order valence-corrected chi connectivity index (χ3v) is 7.46. The number of halogens is 1. The summed E-state index contributed by atoms with van der Waals surface area (Å²) in [6, 6.07) is 6.37. The van der Waals surface area contributed by atoms with Gasteiger partial charge in [0.1, 0.15) is 11.2 Å². The number of hydrogen-bond donors (Lipinski definition) is 0. The quantitative estimate of drug-likeness (QED) is 0.679. The molecule has 1 saturated heterocycles. The first-order valence-corrected chi connectivity index (χ1v) is 10.7. The standard InChI is InChI=1S/C15H18ClN5O3S2/c1-19-11-17-18-15(19)25-10-14(22)20-6-8-21(9-7-20)26(23,24)13-5-3-2-4-12(13)16/h2-5,11H,6-10H2,1H3. The summed E-state index contributed by atoms with van der Waals surface area (Å²) in [4.78, 5) is 14.1. The zero-order valence-electron chi connectivity index (χ0n) is 14.1. The number of sulfonamides is 1. The molecule has 3 rings (SSSR count). The maximum Gasteiger partial charge on any atom is 0.244 e. The predicted octanol–water partition coefficient (Wildman–Crippen LogP) is 1.09. The molecule has 0 aliphatic carbocycles. The van der Waals surface area contributed by atoms with Crippen LogP contribution in [0.5, 0.6) is 0 Å². The van der Waals surface area contributed by atoms with Gasteiger partial charge in [0.15, 0.2) is 5.16 Å². The Morgan fingerprint density at radius 3 is 2.54 bits per heavy atom. The summed E-state index contributed by atoms with van der Waals surface area (Å²) in [5, 5.41) is 8.56. The molecule has 1 aromatic carbocycles. The molecule has 8 nitrogen and oxygen atoms in total. The smallest absolute Gasteiger partial charge is 0.244 e. The summed E-state index contributed by atoms with van der Waals surface area (Å²) in [7, 11) is -1.85. The van der Waals surface area contributed by atoms with Crippen molar-refractivity contribution in [2.24, 2.45) is 7.05 Å². The van der Waals surface area contributed by atoms with E-state index in [0.717, 1.165) is 0 Å². The Kier molecular flexibility index (Phi) is 5.86. The number of nitrogens with zero attached hydrogens (tertiary/aromatic N) is 5. The van der Waals surface area contributed by atoms with E-state index in [4.69, 9.17) is 11.6 Å². The van der Waals surface area contributed by atoms with Crippen molar-refractivity contribution >= 4 is 39.3 Å². The number of aryl methyl sites for hydroxylation is 1. The second-order valence-corrected chi connectivity index (χ2v) is 8.98. The molecule has 0 bridgehead atoms. The van der Waals surface area contributed by atoms with E-state index in [0.29, 0.717) is 18.2 Å². The van der Waals surface area contributed by atoms with E-state index in [-0.39, 0.29) is 34.7 Å². The van der Waals surface area contributed by atoms with Crippen LogP contribution < -0.4 is 0 Å². The van der Waals surface area contributed by atoms with Gasteiger partial charge in [-0.2, -0.15) is 4.31 Å². The van der Waals surface area contributed by atoms with Gasteiger partial charge in [-0.15, -0.1) is 10.2 Å². The van der Waals surface area contributed by atoms with Crippen LogP contribution in [0.2, 0.25) is 5.02 Å². The second kappa shape index (κ2) is 7.95. The molecule has 2 aromatic rings. The minimum atomic E-state index is -3.66. The molecule has 1 fully saturated rings. The molecule has 1 aliphatic rings. The highest BCUT2D eigenvalue weighted by Gasteiger charge is 2.31. The molecule has 2 heterocycles. The van der Waals surface area contributed by atoms with Crippen molar-refractivity contribution in [1.29, 1.82) is 0 Å². The average Bonchev–Trinajstić information content (AvgIpc) is 3.05. The van der Waals surface area contributed by atoms with E-state index in [2.05, 4.69) is 10.2 Å². The Hall–Kier alpha value is -1.62. The fourth-order valence-corrected chi connectivity index (χ4v) is 5.30. The minimum absolute atomic E-state index is 0.0483. The van der Waals surface area contributed by atoms with Crippen molar-refractivity contribution in [1.82, 2.24) is 24.0 Å². The van der Waals surface area contributed by atoms with E-state index < -0.39 is 10.0 Å². The third-order valence-electron chi connectivity index (χ3n) is 4.04. The molecule has 0 spiro atoms. The predicted molar refractivity (Wildman–Crippen MR) is 98.5 cm³/mol. The maximum absolute atomic E-state index is 12.7. The lowest BCUT2D eigenvalue weighted by atomic mass is 10.3. The van der Waals surface area contributed by atoms with E-state index >= 15 is 0 Å². The Bertz CT molecular complexity index is 894. The lowest BCUT2D eigenvalue weighted by Crippen LogP contribution is -2.51. The van der Waals surface area contributed by atoms with Gasteiger partial charge in [0.2, 0.25) is 15.9 Å². The topological polar surface area (TPSA) is 88.4 Å². The number of carbonyl (C=O) groups is 1. The van der Waals surface area contributed by atoms with Gasteiger partial charge in [0.05, 0.1) is 10.8 Å². The van der Waals surface area contributed by atoms with E-state index in [1.54, 1.807) is 34.0 Å². The Labute approximate surface area is 161 Å². The number of amides is 1. The van der Waals surface area contributed by atoms with Gasteiger partial charge in [0, 0.05) is 33.2 Å². The zero-order valence-corrected chi connectivity index (χ0v) is 16.5. The van der Waals surface area contributed by atoms with Crippen LogP contribution in [0.1, 0.15) is 0 Å². The number of piperazine rings is 1. The number of thioether (sulfide) groups is 1. The minimum Gasteiger partial charge on any atom is -0.339 e. The number of aromatic nitrogens is 3. The van der Waals surface area contributed by atoms with Crippen LogP contribution in [-0.4, -0.2) is 70.2 Å². The van der Waals surface area contributed by atoms with Crippen LogP contribution in [0.4, 0.5) is 0 Å². The highest BCUT2D eigenvalue weighted by Crippen LogP contribution is 2.25. The summed E-state index contributed by atoms with van der Waals surface area (Å²) in [6.45, 7) is 1.19. The molecule has 0 saturated carbocycles. The first-order valence-electron chi connectivity index (χ1n) is 7.89. The first-order chi connectivity index (χ1) is 12.4. The highest BCUT2D eigenvalue weighted by molar-refractivity contribution is 7.99. The van der Waals surface area contributed by atoms with E-state index in [1.165, 1.54) is 22.1 Å². The molecule has 26 heavy (non-hydrogen) atoms. The van der Waals surface area contributed by atoms with Crippen molar-refractivity contribution < 1.29 is 13.2 Å². The maximum atomic E-state index is 12.7. The molecule has 0 radical (unpaired) electrons. The van der Waals surface area contributed by atoms with Crippen molar-refractivity contribution in [3.63, 3.8) is 0 Å². The second-order valence-electron chi connectivity index (χ2n) is 5.73. The van der Waals surface area contributed by atoms with E-state index in [1.807, 2.05) is 7.05 Å². The van der Waals surface area contributed by atoms with Crippen molar-refractivity contribution in [3.05, 3.63) is 35.6 Å². The van der Waals surface area contributed by atoms with Crippen LogP contribution in [0, 0.1) is 0 Å². The van der Waals surface area contributed by atoms with Crippen LogP contribution >= 0.6 is 23.4 Å². The fourth-order valence-electron chi connectivity index (χ4n) is 2.59. The van der Waals surface area contributed by atoms with Crippen LogP contribution in [0.15, 0.2) is 40.6 Å². The lowest BCUT2D eigenvalue weighted by Gasteiger charge is -2.34. The van der Waals surface area contributed by atoms with Gasteiger partial charge >= 0.3 is 0 Å². The molecule has 1 aromatic heterocycles. The summed E-state index contributed by atoms with van der Waals surface area (Å²) < 4.78 is 28.5. The van der Waals surface area contributed by atoms with Crippen molar-refractivity contribution in [2.45, 2.75) is 10.1 Å². The van der Waals surface area contributed by atoms with Gasteiger partial charge in [-0.1, -0.05) is 35.5 Å². The summed E-state index contributed by atoms with van der Waals surface area (Å²) in [6.07, 6.45) is 1.57. The molecule has 11 heteroatoms. The fraction of sp³-hybridized carbons (Fsp3) is 0.400. The largest absolute Gasteiger partial charge is 0.339 e. The number of rotatable bonds is 5. The average molecular weight is 416 g/mol. The molecule has 0 atom stereocenters. The van der Waals surface area contributed by atoms with Crippen LogP contribution in [-0.2, 0) is 21.9 Å². The molecule has 0 N–H and O–H groups in total. The molecule has 1 aliphatic heterocycles. The first kappa shape index (κ1) is 19.2. The van der Waals surface area contributed by atoms with E-state index in [9.17, 15) is 13.2 Å². The van der Waals surface area contributed by atoms with Gasteiger partial charge in [-0.3, -0.25) is 4.79 Å². The Morgan fingerprint density at radius 2 is 1.92 bits per heavy atom. The Balaban J connectivity index is 1.58. The SMILES string of the molecule is Cn1cnnc1SCC(=O)N1CCN(S(=O)(=O)c2ccccc2Cl)CC1. The lowest BCUT2D eigenvalue weighted by molar-refractivity contribution is -0.129. The van der Waals surface area contributed by atoms with Gasteiger partial charge in [-0.25, -0.2) is 8.42 Å². The summed E-state index contributed by atoms with van der Waals surface area (Å²) >= 11 is 7.33. The van der Waals surface area contributed by atoms with Gasteiger partial charge < -0.3 is 9.47 Å². The molecule has 1 amide bonds. The van der Waals surface area contributed by atoms with Crippen molar-refractivity contribution in [3.8, 4) is 0 Å². The number of carbonyl (C=O) groups excluding carboxylic acids is 1. The van der Waals surface area contributed by atoms with Gasteiger partial charge in [-0.05, 0) is 12.1 Å². The monoisotopic (exact) mass is 415 g/mol. The summed E-state index contributed by atoms with van der Waals surface area (Å²) in [5.41, 5.74) is 0. The molecule has 140 valence electrons. The third kappa shape index (κ3) is 4.03. The summed E-state index contributed by atoms with van der Waals surface area (Å²) in [5.74, 6) is 0.192. The highest BCUT2D eigenvalue weighted by atomic mass is 35.5.